The maximum atomic E-state index is 11.6. The molecule has 108 valence electrons. The number of rotatable bonds is 3. The molecule has 1 aliphatic carbocycles. The minimum Gasteiger partial charge on any atom is -0.312 e. The van der Waals surface area contributed by atoms with Crippen LogP contribution in [0.25, 0.3) is 4.96 Å². The molecule has 7 nitrogen and oxygen atoms in total. The minimum atomic E-state index is -2.90. The number of nitrogens with one attached hydrogen (secondary N) is 1. The maximum Gasteiger partial charge on any atom is 0.234 e. The van der Waals surface area contributed by atoms with E-state index in [9.17, 15) is 8.42 Å². The predicted molar refractivity (Wildman–Crippen MR) is 74.8 cm³/mol. The number of sulfone groups is 1. The summed E-state index contributed by atoms with van der Waals surface area (Å²) in [6.45, 7) is 0.532. The molecule has 0 bridgehead atoms. The summed E-state index contributed by atoms with van der Waals surface area (Å²) in [6.07, 6.45) is 2.96. The highest BCUT2D eigenvalue weighted by atomic mass is 32.2. The third-order valence-electron chi connectivity index (χ3n) is 3.72. The van der Waals surface area contributed by atoms with Crippen LogP contribution in [-0.2, 0) is 16.3 Å². The van der Waals surface area contributed by atoms with Gasteiger partial charge in [0.2, 0.25) is 4.96 Å². The van der Waals surface area contributed by atoms with Crippen LogP contribution in [0.4, 0.5) is 0 Å². The Kier molecular flexibility index (Phi) is 2.83. The zero-order valence-corrected chi connectivity index (χ0v) is 12.5. The molecule has 2 aromatic rings. The third-order valence-corrected chi connectivity index (χ3v) is 6.38. The lowest BCUT2D eigenvalue weighted by Crippen LogP contribution is -2.46. The highest BCUT2D eigenvalue weighted by Crippen LogP contribution is 2.39. The lowest BCUT2D eigenvalue weighted by Gasteiger charge is -2.22. The number of aromatic nitrogens is 4. The van der Waals surface area contributed by atoms with Crippen LogP contribution in [0.3, 0.4) is 0 Å². The Hall–Kier alpha value is -1.06. The molecule has 1 aliphatic heterocycles. The van der Waals surface area contributed by atoms with Gasteiger partial charge in [0.1, 0.15) is 5.01 Å². The fraction of sp³-hybridized carbons (Fsp3) is 0.727. The van der Waals surface area contributed by atoms with E-state index < -0.39 is 9.84 Å². The van der Waals surface area contributed by atoms with Gasteiger partial charge in [-0.05, 0) is 12.8 Å². The SMILES string of the molecule is O=S1(=O)CCNC(Cc2nn3c(C4CC4)nnc3s2)C1. The summed E-state index contributed by atoms with van der Waals surface area (Å²) >= 11 is 1.50. The second-order valence-corrected chi connectivity index (χ2v) is 8.76. The lowest BCUT2D eigenvalue weighted by atomic mass is 10.2. The van der Waals surface area contributed by atoms with Gasteiger partial charge in [-0.2, -0.15) is 9.61 Å². The van der Waals surface area contributed by atoms with Gasteiger partial charge in [-0.25, -0.2) is 8.42 Å². The Balaban J connectivity index is 1.56. The summed E-state index contributed by atoms with van der Waals surface area (Å²) in [5, 5.41) is 17.1. The van der Waals surface area contributed by atoms with Crippen LogP contribution in [-0.4, -0.2) is 52.3 Å². The van der Waals surface area contributed by atoms with Crippen molar-refractivity contribution in [1.82, 2.24) is 25.1 Å². The molecule has 2 fully saturated rings. The first kappa shape index (κ1) is 12.7. The van der Waals surface area contributed by atoms with Crippen molar-refractivity contribution in [3.05, 3.63) is 10.8 Å². The molecule has 1 atom stereocenters. The van der Waals surface area contributed by atoms with Gasteiger partial charge < -0.3 is 5.32 Å². The van der Waals surface area contributed by atoms with E-state index in [-0.39, 0.29) is 17.5 Å². The van der Waals surface area contributed by atoms with Crippen molar-refractivity contribution in [3.8, 4) is 0 Å². The summed E-state index contributed by atoms with van der Waals surface area (Å²) in [5.74, 6) is 1.89. The quantitative estimate of drug-likeness (QED) is 0.857. The first-order valence-electron chi connectivity index (χ1n) is 6.75. The van der Waals surface area contributed by atoms with Gasteiger partial charge in [0.05, 0.1) is 11.5 Å². The lowest BCUT2D eigenvalue weighted by molar-refractivity contribution is 0.513. The van der Waals surface area contributed by atoms with E-state index in [0.29, 0.717) is 18.9 Å². The fourth-order valence-electron chi connectivity index (χ4n) is 2.56. The Bertz CT molecular complexity index is 746. The van der Waals surface area contributed by atoms with Gasteiger partial charge in [0.25, 0.3) is 0 Å². The molecular weight excluding hydrogens is 298 g/mol. The normalized spacial score (nSPS) is 26.1. The molecule has 2 aliphatic rings. The van der Waals surface area contributed by atoms with Crippen LogP contribution >= 0.6 is 11.3 Å². The van der Waals surface area contributed by atoms with Gasteiger partial charge >= 0.3 is 0 Å². The van der Waals surface area contributed by atoms with E-state index in [2.05, 4.69) is 20.6 Å². The van der Waals surface area contributed by atoms with E-state index in [0.717, 1.165) is 28.6 Å². The molecule has 0 spiro atoms. The molecule has 20 heavy (non-hydrogen) atoms. The van der Waals surface area contributed by atoms with E-state index in [1.165, 1.54) is 11.3 Å². The van der Waals surface area contributed by atoms with Crippen LogP contribution in [0.1, 0.15) is 29.6 Å². The van der Waals surface area contributed by atoms with Gasteiger partial charge in [-0.15, -0.1) is 10.2 Å². The minimum absolute atomic E-state index is 0.0399. The van der Waals surface area contributed by atoms with Crippen LogP contribution in [0.2, 0.25) is 0 Å². The first-order chi connectivity index (χ1) is 9.61. The summed E-state index contributed by atoms with van der Waals surface area (Å²) in [4.78, 5) is 0.806. The smallest absolute Gasteiger partial charge is 0.234 e. The van der Waals surface area contributed by atoms with Crippen LogP contribution < -0.4 is 5.32 Å². The molecule has 2 aromatic heterocycles. The topological polar surface area (TPSA) is 89.2 Å². The Morgan fingerprint density at radius 1 is 1.35 bits per heavy atom. The molecule has 1 unspecified atom stereocenters. The van der Waals surface area contributed by atoms with Gasteiger partial charge in [0.15, 0.2) is 15.7 Å². The molecule has 1 saturated carbocycles. The molecule has 9 heteroatoms. The maximum absolute atomic E-state index is 11.6. The largest absolute Gasteiger partial charge is 0.312 e. The van der Waals surface area contributed by atoms with E-state index in [1.807, 2.05) is 4.52 Å². The summed E-state index contributed by atoms with van der Waals surface area (Å²) in [5.41, 5.74) is 0. The molecule has 0 radical (unpaired) electrons. The molecule has 3 heterocycles. The highest BCUT2D eigenvalue weighted by Gasteiger charge is 2.30. The Morgan fingerprint density at radius 2 is 2.20 bits per heavy atom. The Labute approximate surface area is 120 Å². The van der Waals surface area contributed by atoms with Gasteiger partial charge in [0, 0.05) is 24.9 Å². The molecule has 0 amide bonds. The highest BCUT2D eigenvalue weighted by molar-refractivity contribution is 7.91. The zero-order chi connectivity index (χ0) is 13.7. The predicted octanol–water partition coefficient (Wildman–Crippen LogP) is -0.00770. The molecule has 4 rings (SSSR count). The summed E-state index contributed by atoms with van der Waals surface area (Å²) in [6, 6.07) is -0.0399. The van der Waals surface area contributed by atoms with Gasteiger partial charge in [-0.1, -0.05) is 11.3 Å². The van der Waals surface area contributed by atoms with Crippen molar-refractivity contribution in [2.75, 3.05) is 18.1 Å². The van der Waals surface area contributed by atoms with Crippen LogP contribution in [0, 0.1) is 0 Å². The summed E-state index contributed by atoms with van der Waals surface area (Å²) < 4.78 is 25.1. The second kappa shape index (κ2) is 4.47. The van der Waals surface area contributed by atoms with E-state index in [1.54, 1.807) is 0 Å². The number of fused-ring (bicyclic) bond motifs is 1. The third kappa shape index (κ3) is 2.33. The van der Waals surface area contributed by atoms with Gasteiger partial charge in [-0.3, -0.25) is 0 Å². The average molecular weight is 313 g/mol. The average Bonchev–Trinajstić information content (AvgIpc) is 3.01. The van der Waals surface area contributed by atoms with Crippen molar-refractivity contribution in [2.24, 2.45) is 0 Å². The Morgan fingerprint density at radius 3 is 2.95 bits per heavy atom. The van der Waals surface area contributed by atoms with Crippen molar-refractivity contribution in [2.45, 2.75) is 31.2 Å². The number of hydrogen-bond donors (Lipinski definition) is 1. The second-order valence-electron chi connectivity index (χ2n) is 5.49. The standard InChI is InChI=1S/C11H15N5O2S2/c17-20(18)4-3-12-8(6-20)5-9-15-16-10(7-1-2-7)13-14-11(16)19-9/h7-8,12H,1-6H2. The van der Waals surface area contributed by atoms with E-state index in [4.69, 9.17) is 0 Å². The first-order valence-corrected chi connectivity index (χ1v) is 9.39. The van der Waals surface area contributed by atoms with Crippen LogP contribution in [0.5, 0.6) is 0 Å². The summed E-state index contributed by atoms with van der Waals surface area (Å²) in [7, 11) is -2.90. The molecule has 0 aromatic carbocycles. The van der Waals surface area contributed by atoms with E-state index >= 15 is 0 Å². The fourth-order valence-corrected chi connectivity index (χ4v) is 4.92. The van der Waals surface area contributed by atoms with Crippen molar-refractivity contribution in [3.63, 3.8) is 0 Å². The molecule has 1 saturated heterocycles. The van der Waals surface area contributed by atoms with Crippen molar-refractivity contribution in [1.29, 1.82) is 0 Å². The monoisotopic (exact) mass is 313 g/mol. The zero-order valence-electron chi connectivity index (χ0n) is 10.8. The number of hydrogen-bond acceptors (Lipinski definition) is 7. The molecular formula is C11H15N5O2S2. The van der Waals surface area contributed by atoms with Crippen LogP contribution in [0.15, 0.2) is 0 Å². The molecule has 1 N–H and O–H groups in total. The van der Waals surface area contributed by atoms with Crippen molar-refractivity contribution < 1.29 is 8.42 Å². The number of nitrogens with zero attached hydrogens (tertiary/aromatic N) is 4. The van der Waals surface area contributed by atoms with Crippen molar-refractivity contribution >= 4 is 26.1 Å².